The van der Waals surface area contributed by atoms with Crippen LogP contribution in [0.2, 0.25) is 5.02 Å². The molecule has 0 aliphatic carbocycles. The van der Waals surface area contributed by atoms with E-state index in [1.165, 1.54) is 11.3 Å². The van der Waals surface area contributed by atoms with E-state index in [4.69, 9.17) is 16.3 Å². The van der Waals surface area contributed by atoms with Crippen LogP contribution in [0.4, 0.5) is 5.00 Å². The predicted octanol–water partition coefficient (Wildman–Crippen LogP) is 5.25. The second-order valence-electron chi connectivity index (χ2n) is 5.72. The molecule has 0 radical (unpaired) electrons. The Balaban J connectivity index is 1.84. The number of halogens is 1. The molecule has 1 heterocycles. The Labute approximate surface area is 157 Å². The first kappa shape index (κ1) is 19.3. The van der Waals surface area contributed by atoms with Crippen molar-refractivity contribution in [3.8, 4) is 11.8 Å². The standard InChI is InChI=1S/C19H21ClN2O2S/c1-4-15-13(3)25-19(16(15)11-21)22-18(23)6-5-9-24-17-8-7-14(20)10-12(17)2/h7-8,10H,4-6,9H2,1-3H3,(H,22,23). The normalized spacial score (nSPS) is 10.4. The van der Waals surface area contributed by atoms with Gasteiger partial charge < -0.3 is 10.1 Å². The van der Waals surface area contributed by atoms with E-state index in [-0.39, 0.29) is 5.91 Å². The second-order valence-corrected chi connectivity index (χ2v) is 7.38. The summed E-state index contributed by atoms with van der Waals surface area (Å²) in [5.74, 6) is 0.676. The first-order chi connectivity index (χ1) is 12.0. The van der Waals surface area contributed by atoms with Gasteiger partial charge in [0.15, 0.2) is 0 Å². The van der Waals surface area contributed by atoms with E-state index in [0.717, 1.165) is 28.2 Å². The van der Waals surface area contributed by atoms with Crippen molar-refractivity contribution in [3.63, 3.8) is 0 Å². The van der Waals surface area contributed by atoms with Gasteiger partial charge in [0.1, 0.15) is 16.8 Å². The smallest absolute Gasteiger partial charge is 0.225 e. The lowest BCUT2D eigenvalue weighted by Gasteiger charge is -2.09. The summed E-state index contributed by atoms with van der Waals surface area (Å²) in [7, 11) is 0. The quantitative estimate of drug-likeness (QED) is 0.671. The minimum absolute atomic E-state index is 0.100. The fourth-order valence-corrected chi connectivity index (χ4v) is 3.93. The van der Waals surface area contributed by atoms with Gasteiger partial charge in [-0.15, -0.1) is 11.3 Å². The second kappa shape index (κ2) is 8.89. The highest BCUT2D eigenvalue weighted by Crippen LogP contribution is 2.32. The highest BCUT2D eigenvalue weighted by molar-refractivity contribution is 7.16. The maximum atomic E-state index is 12.1. The molecule has 0 bridgehead atoms. The molecule has 0 saturated carbocycles. The largest absolute Gasteiger partial charge is 0.493 e. The Morgan fingerprint density at radius 3 is 2.80 bits per heavy atom. The molecule has 0 aliphatic heterocycles. The molecule has 0 fully saturated rings. The van der Waals surface area contributed by atoms with Crippen molar-refractivity contribution in [1.29, 1.82) is 5.26 Å². The Morgan fingerprint density at radius 2 is 2.16 bits per heavy atom. The fourth-order valence-electron chi connectivity index (χ4n) is 2.59. The number of anilines is 1. The topological polar surface area (TPSA) is 62.1 Å². The zero-order valence-electron chi connectivity index (χ0n) is 14.6. The highest BCUT2D eigenvalue weighted by Gasteiger charge is 2.16. The number of ether oxygens (including phenoxy) is 1. The van der Waals surface area contributed by atoms with Crippen molar-refractivity contribution in [2.45, 2.75) is 40.0 Å². The van der Waals surface area contributed by atoms with Gasteiger partial charge in [-0.25, -0.2) is 0 Å². The molecule has 0 atom stereocenters. The van der Waals surface area contributed by atoms with Gasteiger partial charge in [-0.2, -0.15) is 5.26 Å². The van der Waals surface area contributed by atoms with Crippen molar-refractivity contribution in [1.82, 2.24) is 0 Å². The number of carbonyl (C=O) groups is 1. The number of hydrogen-bond acceptors (Lipinski definition) is 4. The monoisotopic (exact) mass is 376 g/mol. The predicted molar refractivity (Wildman–Crippen MR) is 103 cm³/mol. The van der Waals surface area contributed by atoms with Gasteiger partial charge in [0, 0.05) is 16.3 Å². The molecule has 1 N–H and O–H groups in total. The molecular formula is C19H21ClN2O2S. The van der Waals surface area contributed by atoms with E-state index in [1.54, 1.807) is 6.07 Å². The summed E-state index contributed by atoms with van der Waals surface area (Å²) in [5, 5.41) is 13.5. The number of aryl methyl sites for hydroxylation is 2. The number of benzene rings is 1. The summed E-state index contributed by atoms with van der Waals surface area (Å²) in [4.78, 5) is 13.2. The van der Waals surface area contributed by atoms with Crippen LogP contribution in [0.5, 0.6) is 5.75 Å². The third-order valence-electron chi connectivity index (χ3n) is 3.87. The molecule has 0 aliphatic rings. The molecule has 2 aromatic rings. The molecule has 0 unspecified atom stereocenters. The molecule has 6 heteroatoms. The number of nitrogens with one attached hydrogen (secondary N) is 1. The zero-order chi connectivity index (χ0) is 18.4. The Kier molecular flexibility index (Phi) is 6.86. The minimum atomic E-state index is -0.100. The van der Waals surface area contributed by atoms with Gasteiger partial charge in [0.05, 0.1) is 12.2 Å². The van der Waals surface area contributed by atoms with Crippen molar-refractivity contribution >= 4 is 33.8 Å². The number of thiophene rings is 1. The fraction of sp³-hybridized carbons (Fsp3) is 0.368. The molecule has 0 saturated heterocycles. The van der Waals surface area contributed by atoms with Crippen molar-refractivity contribution in [2.75, 3.05) is 11.9 Å². The van der Waals surface area contributed by atoms with Crippen LogP contribution in [0.1, 0.15) is 41.3 Å². The summed E-state index contributed by atoms with van der Waals surface area (Å²) in [6.07, 6.45) is 1.73. The molecule has 132 valence electrons. The van der Waals surface area contributed by atoms with Crippen LogP contribution in [-0.4, -0.2) is 12.5 Å². The van der Waals surface area contributed by atoms with Crippen LogP contribution in [0.3, 0.4) is 0 Å². The van der Waals surface area contributed by atoms with Gasteiger partial charge in [-0.05, 0) is 56.0 Å². The average Bonchev–Trinajstić information content (AvgIpc) is 2.87. The molecule has 0 spiro atoms. The van der Waals surface area contributed by atoms with Gasteiger partial charge in [-0.3, -0.25) is 4.79 Å². The van der Waals surface area contributed by atoms with Crippen LogP contribution < -0.4 is 10.1 Å². The SMILES string of the molecule is CCc1c(C)sc(NC(=O)CCCOc2ccc(Cl)cc2C)c1C#N. The Bertz CT molecular complexity index is 808. The number of nitriles is 1. The van der Waals surface area contributed by atoms with Crippen molar-refractivity contribution in [2.24, 2.45) is 0 Å². The number of nitrogens with zero attached hydrogens (tertiary/aromatic N) is 1. The van der Waals surface area contributed by atoms with Crippen LogP contribution in [0.25, 0.3) is 0 Å². The summed E-state index contributed by atoms with van der Waals surface area (Å²) in [6, 6.07) is 7.66. The van der Waals surface area contributed by atoms with E-state index >= 15 is 0 Å². The third-order valence-corrected chi connectivity index (χ3v) is 5.17. The van der Waals surface area contributed by atoms with Crippen LogP contribution in [-0.2, 0) is 11.2 Å². The molecule has 1 amide bonds. The number of hydrogen-bond donors (Lipinski definition) is 1. The van der Waals surface area contributed by atoms with E-state index in [1.807, 2.05) is 32.9 Å². The highest BCUT2D eigenvalue weighted by atomic mass is 35.5. The lowest BCUT2D eigenvalue weighted by molar-refractivity contribution is -0.116. The first-order valence-electron chi connectivity index (χ1n) is 8.17. The number of rotatable bonds is 7. The van der Waals surface area contributed by atoms with E-state index in [2.05, 4.69) is 11.4 Å². The summed E-state index contributed by atoms with van der Waals surface area (Å²) in [5.41, 5.74) is 2.58. The lowest BCUT2D eigenvalue weighted by atomic mass is 10.1. The molecule has 1 aromatic heterocycles. The molecule has 4 nitrogen and oxygen atoms in total. The van der Waals surface area contributed by atoms with Crippen LogP contribution in [0, 0.1) is 25.2 Å². The molecule has 25 heavy (non-hydrogen) atoms. The van der Waals surface area contributed by atoms with Crippen molar-refractivity contribution in [3.05, 3.63) is 44.8 Å². The zero-order valence-corrected chi connectivity index (χ0v) is 16.2. The number of carbonyl (C=O) groups excluding carboxylic acids is 1. The average molecular weight is 377 g/mol. The van der Waals surface area contributed by atoms with Crippen molar-refractivity contribution < 1.29 is 9.53 Å². The van der Waals surface area contributed by atoms with Gasteiger partial charge in [0.2, 0.25) is 5.91 Å². The van der Waals surface area contributed by atoms with Crippen LogP contribution in [0.15, 0.2) is 18.2 Å². The van der Waals surface area contributed by atoms with E-state index < -0.39 is 0 Å². The van der Waals surface area contributed by atoms with Gasteiger partial charge in [0.25, 0.3) is 0 Å². The van der Waals surface area contributed by atoms with E-state index in [0.29, 0.717) is 35.0 Å². The van der Waals surface area contributed by atoms with Crippen LogP contribution >= 0.6 is 22.9 Å². The molecule has 1 aromatic carbocycles. The summed E-state index contributed by atoms with van der Waals surface area (Å²) < 4.78 is 5.69. The van der Waals surface area contributed by atoms with Gasteiger partial charge in [-0.1, -0.05) is 18.5 Å². The summed E-state index contributed by atoms with van der Waals surface area (Å²) in [6.45, 7) is 6.37. The molecule has 2 rings (SSSR count). The third kappa shape index (κ3) is 4.97. The Hall–Kier alpha value is -2.03. The number of amides is 1. The maximum Gasteiger partial charge on any atom is 0.225 e. The Morgan fingerprint density at radius 1 is 1.40 bits per heavy atom. The maximum absolute atomic E-state index is 12.1. The summed E-state index contributed by atoms with van der Waals surface area (Å²) >= 11 is 7.37. The molecular weight excluding hydrogens is 356 g/mol. The van der Waals surface area contributed by atoms with Gasteiger partial charge >= 0.3 is 0 Å². The first-order valence-corrected chi connectivity index (χ1v) is 9.36. The minimum Gasteiger partial charge on any atom is -0.493 e. The van der Waals surface area contributed by atoms with E-state index in [9.17, 15) is 10.1 Å². The lowest BCUT2D eigenvalue weighted by Crippen LogP contribution is -2.13.